The number of nitrogens with one attached hydrogen (secondary N) is 1. The number of methoxy groups -OCH3 is 2. The van der Waals surface area contributed by atoms with Crippen LogP contribution in [0.3, 0.4) is 0 Å². The highest BCUT2D eigenvalue weighted by Gasteiger charge is 2.09. The number of rotatable bonds is 8. The molecule has 0 heterocycles. The van der Waals surface area contributed by atoms with E-state index in [1.165, 1.54) is 5.56 Å². The third kappa shape index (κ3) is 6.78. The third-order valence-corrected chi connectivity index (χ3v) is 4.13. The standard InChI is InChI=1S/C21H29N3O3.HI/c1-6-27-18-10-7-16(8-11-18)15-24(3)21(22-2)23-14-17-9-12-19(25-4)20(13-17)26-5;/h7-13H,6,14-15H2,1-5H3,(H,22,23);1H. The van der Waals surface area contributed by atoms with Gasteiger partial charge in [0.05, 0.1) is 20.8 Å². The van der Waals surface area contributed by atoms with Crippen LogP contribution in [0.15, 0.2) is 47.5 Å². The van der Waals surface area contributed by atoms with Crippen molar-refractivity contribution in [3.05, 3.63) is 53.6 Å². The Bertz CT molecular complexity index is 751. The van der Waals surface area contributed by atoms with E-state index in [0.717, 1.165) is 35.3 Å². The molecular weight excluding hydrogens is 469 g/mol. The van der Waals surface area contributed by atoms with E-state index in [0.29, 0.717) is 13.2 Å². The van der Waals surface area contributed by atoms with Crippen LogP contribution in [0.4, 0.5) is 0 Å². The van der Waals surface area contributed by atoms with Crippen molar-refractivity contribution in [2.45, 2.75) is 20.0 Å². The zero-order valence-electron chi connectivity index (χ0n) is 17.2. The molecule has 0 saturated heterocycles. The third-order valence-electron chi connectivity index (χ3n) is 4.13. The van der Waals surface area contributed by atoms with Gasteiger partial charge in [-0.2, -0.15) is 0 Å². The molecule has 0 spiro atoms. The SMILES string of the molecule is CCOc1ccc(CN(C)C(=NC)NCc2ccc(OC)c(OC)c2)cc1.I. The fourth-order valence-corrected chi connectivity index (χ4v) is 2.76. The lowest BCUT2D eigenvalue weighted by Crippen LogP contribution is -2.38. The van der Waals surface area contributed by atoms with Crippen LogP contribution in [0.1, 0.15) is 18.1 Å². The van der Waals surface area contributed by atoms with Crippen molar-refractivity contribution in [3.8, 4) is 17.2 Å². The van der Waals surface area contributed by atoms with E-state index in [1.807, 2.05) is 44.3 Å². The molecule has 2 aromatic carbocycles. The topological polar surface area (TPSA) is 55.3 Å². The normalized spacial score (nSPS) is 10.7. The maximum atomic E-state index is 5.49. The number of guanidine groups is 1. The first-order valence-corrected chi connectivity index (χ1v) is 8.95. The largest absolute Gasteiger partial charge is 0.494 e. The predicted octanol–water partition coefficient (Wildman–Crippen LogP) is 3.93. The van der Waals surface area contributed by atoms with Crippen molar-refractivity contribution in [3.63, 3.8) is 0 Å². The van der Waals surface area contributed by atoms with Gasteiger partial charge >= 0.3 is 0 Å². The minimum atomic E-state index is 0. The van der Waals surface area contributed by atoms with Crippen molar-refractivity contribution >= 4 is 29.9 Å². The lowest BCUT2D eigenvalue weighted by atomic mass is 10.2. The van der Waals surface area contributed by atoms with E-state index in [9.17, 15) is 0 Å². The first-order valence-electron chi connectivity index (χ1n) is 8.95. The minimum absolute atomic E-state index is 0. The second-order valence-corrected chi connectivity index (χ2v) is 6.02. The Labute approximate surface area is 184 Å². The van der Waals surface area contributed by atoms with Crippen molar-refractivity contribution < 1.29 is 14.2 Å². The summed E-state index contributed by atoms with van der Waals surface area (Å²) in [4.78, 5) is 6.45. The zero-order chi connectivity index (χ0) is 19.6. The van der Waals surface area contributed by atoms with Crippen LogP contribution in [0.25, 0.3) is 0 Å². The number of hydrogen-bond donors (Lipinski definition) is 1. The van der Waals surface area contributed by atoms with Crippen molar-refractivity contribution in [1.29, 1.82) is 0 Å². The minimum Gasteiger partial charge on any atom is -0.494 e. The predicted molar refractivity (Wildman–Crippen MR) is 124 cm³/mol. The first kappa shape index (κ1) is 23.9. The Hall–Kier alpha value is -2.16. The van der Waals surface area contributed by atoms with E-state index >= 15 is 0 Å². The fourth-order valence-electron chi connectivity index (χ4n) is 2.76. The summed E-state index contributed by atoms with van der Waals surface area (Å²) in [5, 5.41) is 3.38. The highest BCUT2D eigenvalue weighted by molar-refractivity contribution is 14.0. The second kappa shape index (κ2) is 12.3. The van der Waals surface area contributed by atoms with Crippen molar-refractivity contribution in [2.24, 2.45) is 4.99 Å². The molecule has 0 bridgehead atoms. The van der Waals surface area contributed by atoms with Crippen LogP contribution in [0.5, 0.6) is 17.2 Å². The van der Waals surface area contributed by atoms with Crippen LogP contribution < -0.4 is 19.5 Å². The summed E-state index contributed by atoms with van der Waals surface area (Å²) in [6.07, 6.45) is 0. The molecule has 7 heteroatoms. The molecule has 0 amide bonds. The summed E-state index contributed by atoms with van der Waals surface area (Å²) in [5.74, 6) is 3.14. The molecular formula is C21H30IN3O3. The van der Waals surface area contributed by atoms with Crippen LogP contribution in [-0.4, -0.2) is 45.8 Å². The Morgan fingerprint density at radius 2 is 1.64 bits per heavy atom. The molecule has 6 nitrogen and oxygen atoms in total. The molecule has 154 valence electrons. The van der Waals surface area contributed by atoms with Gasteiger partial charge in [-0.1, -0.05) is 18.2 Å². The Morgan fingerprint density at radius 3 is 2.21 bits per heavy atom. The van der Waals surface area contributed by atoms with Gasteiger partial charge in [0.25, 0.3) is 0 Å². The van der Waals surface area contributed by atoms with Crippen LogP contribution in [0, 0.1) is 0 Å². The van der Waals surface area contributed by atoms with Gasteiger partial charge in [-0.15, -0.1) is 24.0 Å². The molecule has 0 unspecified atom stereocenters. The molecule has 2 rings (SSSR count). The van der Waals surface area contributed by atoms with Crippen LogP contribution in [0.2, 0.25) is 0 Å². The van der Waals surface area contributed by atoms with Gasteiger partial charge in [0.2, 0.25) is 0 Å². The maximum absolute atomic E-state index is 5.49. The number of benzene rings is 2. The van der Waals surface area contributed by atoms with E-state index in [4.69, 9.17) is 14.2 Å². The lowest BCUT2D eigenvalue weighted by molar-refractivity contribution is 0.340. The summed E-state index contributed by atoms with van der Waals surface area (Å²) >= 11 is 0. The van der Waals surface area contributed by atoms with Gasteiger partial charge in [-0.3, -0.25) is 4.99 Å². The van der Waals surface area contributed by atoms with Crippen molar-refractivity contribution in [1.82, 2.24) is 10.2 Å². The van der Waals surface area contributed by atoms with Crippen molar-refractivity contribution in [2.75, 3.05) is 34.9 Å². The Morgan fingerprint density at radius 1 is 1.00 bits per heavy atom. The fraction of sp³-hybridized carbons (Fsp3) is 0.381. The summed E-state index contributed by atoms with van der Waals surface area (Å²) in [7, 11) is 7.07. The Balaban J connectivity index is 0.00000392. The molecule has 0 aliphatic carbocycles. The molecule has 1 N–H and O–H groups in total. The number of halogens is 1. The monoisotopic (exact) mass is 499 g/mol. The highest BCUT2D eigenvalue weighted by Crippen LogP contribution is 2.27. The molecule has 0 fully saturated rings. The van der Waals surface area contributed by atoms with E-state index in [1.54, 1.807) is 21.3 Å². The summed E-state index contributed by atoms with van der Waals surface area (Å²) in [6.45, 7) is 4.04. The van der Waals surface area contributed by atoms with Gasteiger partial charge in [0.1, 0.15) is 5.75 Å². The lowest BCUT2D eigenvalue weighted by Gasteiger charge is -2.22. The molecule has 0 aliphatic rings. The highest BCUT2D eigenvalue weighted by atomic mass is 127. The van der Waals surface area contributed by atoms with E-state index in [2.05, 4.69) is 27.3 Å². The first-order chi connectivity index (χ1) is 13.1. The summed E-state index contributed by atoms with van der Waals surface area (Å²) < 4.78 is 16.1. The van der Waals surface area contributed by atoms with Gasteiger partial charge in [-0.05, 0) is 42.3 Å². The molecule has 0 aromatic heterocycles. The number of hydrogen-bond acceptors (Lipinski definition) is 4. The average molecular weight is 499 g/mol. The molecule has 0 radical (unpaired) electrons. The van der Waals surface area contributed by atoms with Crippen LogP contribution >= 0.6 is 24.0 Å². The summed E-state index contributed by atoms with van der Waals surface area (Å²) in [5.41, 5.74) is 2.28. The molecule has 2 aromatic rings. The smallest absolute Gasteiger partial charge is 0.193 e. The van der Waals surface area contributed by atoms with E-state index in [-0.39, 0.29) is 24.0 Å². The molecule has 0 saturated carbocycles. The van der Waals surface area contributed by atoms with Gasteiger partial charge in [-0.25, -0.2) is 0 Å². The molecule has 0 aliphatic heterocycles. The number of nitrogens with zero attached hydrogens (tertiary/aromatic N) is 2. The second-order valence-electron chi connectivity index (χ2n) is 6.02. The zero-order valence-corrected chi connectivity index (χ0v) is 19.5. The maximum Gasteiger partial charge on any atom is 0.193 e. The quantitative estimate of drug-likeness (QED) is 0.339. The number of aliphatic imine (C=N–C) groups is 1. The average Bonchev–Trinajstić information content (AvgIpc) is 2.70. The summed E-state index contributed by atoms with van der Waals surface area (Å²) in [6, 6.07) is 14.0. The van der Waals surface area contributed by atoms with Gasteiger partial charge < -0.3 is 24.4 Å². The molecule has 0 atom stereocenters. The van der Waals surface area contributed by atoms with Gasteiger partial charge in [0.15, 0.2) is 17.5 Å². The van der Waals surface area contributed by atoms with E-state index < -0.39 is 0 Å². The van der Waals surface area contributed by atoms with Crippen LogP contribution in [-0.2, 0) is 13.1 Å². The van der Waals surface area contributed by atoms with Gasteiger partial charge in [0, 0.05) is 27.2 Å². The molecule has 28 heavy (non-hydrogen) atoms. The Kier molecular flexibility index (Phi) is 10.5. The number of ether oxygens (including phenoxy) is 3.